The molecule has 0 bridgehead atoms. The monoisotopic (exact) mass is 392 g/mol. The van der Waals surface area contributed by atoms with Gasteiger partial charge in [-0.25, -0.2) is 15.0 Å². The Hall–Kier alpha value is -4.06. The predicted octanol–water partition coefficient (Wildman–Crippen LogP) is 5.05. The lowest BCUT2D eigenvalue weighted by atomic mass is 10.1. The van der Waals surface area contributed by atoms with Gasteiger partial charge in [-0.05, 0) is 48.9 Å². The van der Waals surface area contributed by atoms with Crippen LogP contribution in [0.25, 0.3) is 28.1 Å². The number of aromatic nitrogens is 5. The van der Waals surface area contributed by atoms with Crippen LogP contribution in [0.15, 0.2) is 91.6 Å². The average Bonchev–Trinajstić information content (AvgIpc) is 3.35. The maximum atomic E-state index is 4.80. The van der Waals surface area contributed by atoms with Crippen molar-refractivity contribution in [3.05, 3.63) is 97.2 Å². The maximum Gasteiger partial charge on any atom is 0.180 e. The molecule has 0 aliphatic rings. The summed E-state index contributed by atoms with van der Waals surface area (Å²) in [6.45, 7) is 2.13. The summed E-state index contributed by atoms with van der Waals surface area (Å²) in [4.78, 5) is 18.0. The summed E-state index contributed by atoms with van der Waals surface area (Å²) in [5, 5.41) is 4.55. The van der Waals surface area contributed by atoms with Crippen molar-refractivity contribution in [1.82, 2.24) is 24.5 Å². The van der Waals surface area contributed by atoms with E-state index in [1.165, 1.54) is 5.56 Å². The van der Waals surface area contributed by atoms with E-state index in [1.54, 1.807) is 18.7 Å². The Morgan fingerprint density at radius 2 is 1.70 bits per heavy atom. The molecular formula is C24H20N6. The molecule has 146 valence electrons. The van der Waals surface area contributed by atoms with Gasteiger partial charge >= 0.3 is 0 Å². The van der Waals surface area contributed by atoms with Gasteiger partial charge in [0, 0.05) is 35.7 Å². The van der Waals surface area contributed by atoms with Crippen molar-refractivity contribution in [2.24, 2.45) is 0 Å². The van der Waals surface area contributed by atoms with Gasteiger partial charge in [0.2, 0.25) is 0 Å². The normalized spacial score (nSPS) is 12.0. The van der Waals surface area contributed by atoms with Crippen molar-refractivity contribution in [2.75, 3.05) is 5.32 Å². The highest BCUT2D eigenvalue weighted by molar-refractivity contribution is 5.90. The quantitative estimate of drug-likeness (QED) is 0.453. The van der Waals surface area contributed by atoms with Crippen molar-refractivity contribution >= 4 is 16.7 Å². The third-order valence-corrected chi connectivity index (χ3v) is 5.05. The molecule has 1 unspecified atom stereocenters. The number of fused-ring (bicyclic) bond motifs is 1. The second-order valence-electron chi connectivity index (χ2n) is 7.06. The Kier molecular flexibility index (Phi) is 4.65. The second-order valence-corrected chi connectivity index (χ2v) is 7.06. The maximum absolute atomic E-state index is 4.80. The summed E-state index contributed by atoms with van der Waals surface area (Å²) < 4.78 is 1.99. The molecule has 0 amide bonds. The zero-order valence-electron chi connectivity index (χ0n) is 16.5. The minimum atomic E-state index is 0.0664. The summed E-state index contributed by atoms with van der Waals surface area (Å²) in [7, 11) is 0. The number of benzene rings is 2. The van der Waals surface area contributed by atoms with Gasteiger partial charge in [0.15, 0.2) is 5.82 Å². The van der Waals surface area contributed by atoms with Crippen molar-refractivity contribution in [2.45, 2.75) is 13.0 Å². The summed E-state index contributed by atoms with van der Waals surface area (Å²) >= 11 is 0. The smallest absolute Gasteiger partial charge is 0.180 e. The zero-order chi connectivity index (χ0) is 20.3. The van der Waals surface area contributed by atoms with Gasteiger partial charge in [-0.3, -0.25) is 4.98 Å². The highest BCUT2D eigenvalue weighted by Gasteiger charge is 2.13. The molecule has 0 aliphatic carbocycles. The summed E-state index contributed by atoms with van der Waals surface area (Å²) in [6, 6.07) is 22.3. The number of nitrogens with zero attached hydrogens (tertiary/aromatic N) is 5. The fraction of sp³-hybridized carbons (Fsp3) is 0.0833. The Morgan fingerprint density at radius 1 is 0.867 bits per heavy atom. The molecule has 0 radical (unpaired) electrons. The highest BCUT2D eigenvalue weighted by Crippen LogP contribution is 2.27. The molecule has 0 aliphatic heterocycles. The van der Waals surface area contributed by atoms with E-state index < -0.39 is 0 Å². The molecule has 0 spiro atoms. The standard InChI is InChI=1S/C24H20N6/c1-17(18-9-11-19(12-10-18)30-15-14-25-16-30)27-23-20-6-2-3-7-21(20)28-24(29-23)22-8-4-5-13-26-22/h2-17H,1H3,(H,27,28,29). The molecule has 30 heavy (non-hydrogen) atoms. The molecule has 1 atom stereocenters. The summed E-state index contributed by atoms with van der Waals surface area (Å²) in [5.74, 6) is 1.41. The van der Waals surface area contributed by atoms with Gasteiger partial charge in [0.25, 0.3) is 0 Å². The van der Waals surface area contributed by atoms with Crippen molar-refractivity contribution < 1.29 is 0 Å². The second kappa shape index (κ2) is 7.75. The van der Waals surface area contributed by atoms with Crippen LogP contribution in [0.3, 0.4) is 0 Å². The van der Waals surface area contributed by atoms with E-state index in [2.05, 4.69) is 46.5 Å². The van der Waals surface area contributed by atoms with Crippen LogP contribution in [-0.2, 0) is 0 Å². The molecule has 0 fully saturated rings. The Bertz CT molecular complexity index is 1260. The van der Waals surface area contributed by atoms with E-state index >= 15 is 0 Å². The van der Waals surface area contributed by atoms with E-state index in [0.29, 0.717) is 5.82 Å². The van der Waals surface area contributed by atoms with Gasteiger partial charge in [-0.1, -0.05) is 30.3 Å². The molecule has 0 saturated carbocycles. The topological polar surface area (TPSA) is 68.5 Å². The van der Waals surface area contributed by atoms with Gasteiger partial charge in [-0.15, -0.1) is 0 Å². The molecule has 3 heterocycles. The van der Waals surface area contributed by atoms with Crippen LogP contribution in [0.2, 0.25) is 0 Å². The first kappa shape index (κ1) is 18.0. The number of imidazole rings is 1. The molecule has 6 heteroatoms. The van der Waals surface area contributed by atoms with Crippen molar-refractivity contribution in [3.63, 3.8) is 0 Å². The number of hydrogen-bond donors (Lipinski definition) is 1. The summed E-state index contributed by atoms with van der Waals surface area (Å²) in [5.41, 5.74) is 3.89. The summed E-state index contributed by atoms with van der Waals surface area (Å²) in [6.07, 6.45) is 7.26. The van der Waals surface area contributed by atoms with Crippen molar-refractivity contribution in [3.8, 4) is 17.2 Å². The average molecular weight is 392 g/mol. The molecule has 5 rings (SSSR count). The third-order valence-electron chi connectivity index (χ3n) is 5.05. The van der Waals surface area contributed by atoms with Gasteiger partial charge in [0.1, 0.15) is 11.5 Å². The van der Waals surface area contributed by atoms with Crippen LogP contribution in [0, 0.1) is 0 Å². The van der Waals surface area contributed by atoms with Gasteiger partial charge in [0.05, 0.1) is 11.8 Å². The zero-order valence-corrected chi connectivity index (χ0v) is 16.5. The lowest BCUT2D eigenvalue weighted by Crippen LogP contribution is -2.10. The van der Waals surface area contributed by atoms with Crippen LogP contribution in [0.1, 0.15) is 18.5 Å². The number of rotatable bonds is 5. The van der Waals surface area contributed by atoms with Gasteiger partial charge < -0.3 is 9.88 Å². The number of nitrogens with one attached hydrogen (secondary N) is 1. The van der Waals surface area contributed by atoms with E-state index in [9.17, 15) is 0 Å². The largest absolute Gasteiger partial charge is 0.363 e. The Labute approximate surface area is 174 Å². The van der Waals surface area contributed by atoms with Crippen LogP contribution in [-0.4, -0.2) is 24.5 Å². The van der Waals surface area contributed by atoms with E-state index in [4.69, 9.17) is 9.97 Å². The number of pyridine rings is 1. The minimum Gasteiger partial charge on any atom is -0.363 e. The molecule has 3 aromatic heterocycles. The van der Waals surface area contributed by atoms with E-state index in [0.717, 1.165) is 28.1 Å². The fourth-order valence-electron chi connectivity index (χ4n) is 3.43. The fourth-order valence-corrected chi connectivity index (χ4v) is 3.43. The van der Waals surface area contributed by atoms with Crippen LogP contribution < -0.4 is 5.32 Å². The molecule has 5 aromatic rings. The molecule has 1 N–H and O–H groups in total. The van der Waals surface area contributed by atoms with E-state index in [-0.39, 0.29) is 6.04 Å². The van der Waals surface area contributed by atoms with Gasteiger partial charge in [-0.2, -0.15) is 0 Å². The molecule has 2 aromatic carbocycles. The van der Waals surface area contributed by atoms with Crippen LogP contribution >= 0.6 is 0 Å². The predicted molar refractivity (Wildman–Crippen MR) is 118 cm³/mol. The first-order valence-corrected chi connectivity index (χ1v) is 9.81. The Balaban J connectivity index is 1.48. The molecule has 6 nitrogen and oxygen atoms in total. The first-order chi connectivity index (χ1) is 14.8. The van der Waals surface area contributed by atoms with Crippen LogP contribution in [0.4, 0.5) is 5.82 Å². The molecular weight excluding hydrogens is 372 g/mol. The Morgan fingerprint density at radius 3 is 2.47 bits per heavy atom. The molecule has 0 saturated heterocycles. The third kappa shape index (κ3) is 3.51. The number of hydrogen-bond acceptors (Lipinski definition) is 5. The minimum absolute atomic E-state index is 0.0664. The number of para-hydroxylation sites is 1. The lowest BCUT2D eigenvalue weighted by molar-refractivity contribution is 0.874. The first-order valence-electron chi connectivity index (χ1n) is 9.81. The van der Waals surface area contributed by atoms with Crippen molar-refractivity contribution in [1.29, 1.82) is 0 Å². The SMILES string of the molecule is CC(Nc1nc(-c2ccccn2)nc2ccccc12)c1ccc(-n2ccnc2)cc1. The highest BCUT2D eigenvalue weighted by atomic mass is 15.1. The van der Waals surface area contributed by atoms with Crippen LogP contribution in [0.5, 0.6) is 0 Å². The van der Waals surface area contributed by atoms with E-state index in [1.807, 2.05) is 53.2 Å². The number of anilines is 1. The lowest BCUT2D eigenvalue weighted by Gasteiger charge is -2.17.